The first-order chi connectivity index (χ1) is 9.77. The molecule has 0 amide bonds. The van der Waals surface area contributed by atoms with E-state index in [9.17, 15) is 0 Å². The van der Waals surface area contributed by atoms with E-state index in [2.05, 4.69) is 35.7 Å². The molecule has 0 aromatic carbocycles. The van der Waals surface area contributed by atoms with E-state index in [0.29, 0.717) is 5.95 Å². The molecule has 1 aromatic heterocycles. The lowest BCUT2D eigenvalue weighted by molar-refractivity contribution is 0.655. The molecule has 0 spiro atoms. The van der Waals surface area contributed by atoms with Gasteiger partial charge in [-0.15, -0.1) is 0 Å². The topological polar surface area (TPSA) is 90.7 Å². The minimum Gasteiger partial charge on any atom is -0.288 e. The van der Waals surface area contributed by atoms with Crippen molar-refractivity contribution in [2.45, 2.75) is 39.5 Å². The van der Waals surface area contributed by atoms with Crippen molar-refractivity contribution >= 4 is 23.1 Å². The Hall–Kier alpha value is -2.05. The van der Waals surface area contributed by atoms with E-state index in [4.69, 9.17) is 0 Å². The van der Waals surface area contributed by atoms with Crippen molar-refractivity contribution in [1.82, 2.24) is 15.2 Å². The van der Waals surface area contributed by atoms with Gasteiger partial charge in [0.15, 0.2) is 0 Å². The third kappa shape index (κ3) is 4.25. The summed E-state index contributed by atoms with van der Waals surface area (Å²) in [6, 6.07) is 0. The molecule has 0 saturated heterocycles. The molecule has 0 unspecified atom stereocenters. The van der Waals surface area contributed by atoms with E-state index < -0.39 is 0 Å². The number of rotatable bonds is 2. The summed E-state index contributed by atoms with van der Waals surface area (Å²) in [4.78, 5) is 13.1. The van der Waals surface area contributed by atoms with Crippen LogP contribution in [0.3, 0.4) is 0 Å². The van der Waals surface area contributed by atoms with Crippen LogP contribution in [0.1, 0.15) is 39.5 Å². The Morgan fingerprint density at radius 2 is 1.70 bits per heavy atom. The summed E-state index contributed by atoms with van der Waals surface area (Å²) in [7, 11) is 0. The van der Waals surface area contributed by atoms with E-state index in [1.807, 2.05) is 13.8 Å². The number of hydrogen-bond donors (Lipinski definition) is 2. The maximum Gasteiger partial charge on any atom is 0.239 e. The number of aromatic nitrogens is 3. The normalized spacial score (nSPS) is 17.8. The molecule has 2 heterocycles. The maximum atomic E-state index is 4.58. The zero-order valence-corrected chi connectivity index (χ0v) is 12.1. The number of aromatic amines is 1. The molecule has 1 aliphatic rings. The molecule has 1 aromatic rings. The molecule has 20 heavy (non-hydrogen) atoms. The van der Waals surface area contributed by atoms with Gasteiger partial charge in [-0.1, -0.05) is 12.8 Å². The molecule has 0 fully saturated rings. The lowest BCUT2D eigenvalue weighted by Gasteiger charge is -2.06. The van der Waals surface area contributed by atoms with Crippen molar-refractivity contribution in [1.29, 1.82) is 0 Å². The molecule has 0 bridgehead atoms. The number of nitrogens with one attached hydrogen (secondary N) is 2. The van der Waals surface area contributed by atoms with Gasteiger partial charge in [0.05, 0.1) is 11.4 Å². The highest BCUT2D eigenvalue weighted by atomic mass is 15.4. The average molecular weight is 275 g/mol. The van der Waals surface area contributed by atoms with E-state index in [-0.39, 0.29) is 0 Å². The van der Waals surface area contributed by atoms with Crippen LogP contribution in [0.5, 0.6) is 0 Å². The molecule has 0 aliphatic carbocycles. The van der Waals surface area contributed by atoms with Gasteiger partial charge in [-0.3, -0.25) is 9.98 Å². The van der Waals surface area contributed by atoms with E-state index in [1.54, 1.807) is 0 Å². The zero-order valence-electron chi connectivity index (χ0n) is 12.1. The van der Waals surface area contributed by atoms with Gasteiger partial charge in [0.2, 0.25) is 5.95 Å². The third-order valence-corrected chi connectivity index (χ3v) is 3.14. The monoisotopic (exact) mass is 275 g/mol. The lowest BCUT2D eigenvalue weighted by Crippen LogP contribution is -2.22. The Kier molecular flexibility index (Phi) is 5.40. The summed E-state index contributed by atoms with van der Waals surface area (Å²) in [5.41, 5.74) is 5.44. The molecule has 0 saturated carbocycles. The minimum atomic E-state index is 0.507. The van der Waals surface area contributed by atoms with Gasteiger partial charge in [0.1, 0.15) is 12.0 Å². The Bertz CT molecular complexity index is 473. The third-order valence-electron chi connectivity index (χ3n) is 3.14. The fourth-order valence-corrected chi connectivity index (χ4v) is 2.01. The standard InChI is InChI=1S/C13H21N7/c1-10-12(18-20-13-16-9-17-19-13)11(2)15-8-6-4-3-5-7-14-10/h9H,3-8H2,1-2H3,(H2,16,17,19,20). The zero-order chi connectivity index (χ0) is 14.2. The molecule has 0 radical (unpaired) electrons. The first-order valence-corrected chi connectivity index (χ1v) is 6.99. The van der Waals surface area contributed by atoms with Crippen LogP contribution in [0.2, 0.25) is 0 Å². The highest BCUT2D eigenvalue weighted by Crippen LogP contribution is 2.04. The molecule has 7 heteroatoms. The highest BCUT2D eigenvalue weighted by Gasteiger charge is 2.09. The number of hydrazone groups is 1. The van der Waals surface area contributed by atoms with Crippen LogP contribution in [0, 0.1) is 0 Å². The minimum absolute atomic E-state index is 0.507. The largest absolute Gasteiger partial charge is 0.288 e. The molecule has 1 aliphatic heterocycles. The number of aliphatic imine (C=N–C) groups is 2. The van der Waals surface area contributed by atoms with Gasteiger partial charge in [0.25, 0.3) is 0 Å². The molecular weight excluding hydrogens is 254 g/mol. The van der Waals surface area contributed by atoms with Crippen molar-refractivity contribution in [3.63, 3.8) is 0 Å². The molecule has 108 valence electrons. The van der Waals surface area contributed by atoms with Crippen molar-refractivity contribution in [2.75, 3.05) is 18.5 Å². The van der Waals surface area contributed by atoms with Crippen molar-refractivity contribution in [2.24, 2.45) is 15.1 Å². The number of anilines is 1. The highest BCUT2D eigenvalue weighted by molar-refractivity contribution is 6.68. The smallest absolute Gasteiger partial charge is 0.239 e. The Balaban J connectivity index is 2.18. The maximum absolute atomic E-state index is 4.58. The van der Waals surface area contributed by atoms with Crippen LogP contribution in [-0.4, -0.2) is 45.4 Å². The van der Waals surface area contributed by atoms with Gasteiger partial charge in [-0.25, -0.2) is 10.5 Å². The second kappa shape index (κ2) is 7.52. The van der Waals surface area contributed by atoms with Crippen LogP contribution in [-0.2, 0) is 0 Å². The van der Waals surface area contributed by atoms with Gasteiger partial charge in [-0.05, 0) is 26.7 Å². The van der Waals surface area contributed by atoms with Crippen molar-refractivity contribution in [3.8, 4) is 0 Å². The van der Waals surface area contributed by atoms with Gasteiger partial charge in [-0.2, -0.15) is 15.2 Å². The summed E-state index contributed by atoms with van der Waals surface area (Å²) >= 11 is 0. The molecule has 2 N–H and O–H groups in total. The summed E-state index contributed by atoms with van der Waals surface area (Å²) in [5, 5.41) is 10.8. The van der Waals surface area contributed by atoms with Gasteiger partial charge in [0, 0.05) is 13.1 Å². The van der Waals surface area contributed by atoms with Gasteiger partial charge < -0.3 is 0 Å². The lowest BCUT2D eigenvalue weighted by atomic mass is 10.1. The molecule has 7 nitrogen and oxygen atoms in total. The van der Waals surface area contributed by atoms with E-state index in [0.717, 1.165) is 43.1 Å². The molecular formula is C13H21N7. The van der Waals surface area contributed by atoms with Gasteiger partial charge >= 0.3 is 0 Å². The predicted molar refractivity (Wildman–Crippen MR) is 81.9 cm³/mol. The quantitative estimate of drug-likeness (QED) is 0.809. The first kappa shape index (κ1) is 14.4. The fraction of sp³-hybridized carbons (Fsp3) is 0.615. The second-order valence-corrected chi connectivity index (χ2v) is 4.75. The van der Waals surface area contributed by atoms with Crippen LogP contribution in [0.25, 0.3) is 0 Å². The van der Waals surface area contributed by atoms with Crippen LogP contribution < -0.4 is 5.43 Å². The fourth-order valence-electron chi connectivity index (χ4n) is 2.01. The second-order valence-electron chi connectivity index (χ2n) is 4.75. The Morgan fingerprint density at radius 1 is 1.05 bits per heavy atom. The Morgan fingerprint density at radius 3 is 2.25 bits per heavy atom. The van der Waals surface area contributed by atoms with E-state index in [1.165, 1.54) is 19.2 Å². The van der Waals surface area contributed by atoms with Crippen LogP contribution >= 0.6 is 0 Å². The van der Waals surface area contributed by atoms with Crippen LogP contribution in [0.15, 0.2) is 21.4 Å². The van der Waals surface area contributed by atoms with Crippen molar-refractivity contribution < 1.29 is 0 Å². The van der Waals surface area contributed by atoms with Crippen molar-refractivity contribution in [3.05, 3.63) is 6.33 Å². The Labute approximate surface area is 118 Å². The van der Waals surface area contributed by atoms with Crippen LogP contribution in [0.4, 0.5) is 5.95 Å². The molecule has 0 atom stereocenters. The number of H-pyrrole nitrogens is 1. The number of hydrogen-bond acceptors (Lipinski definition) is 6. The summed E-state index contributed by atoms with van der Waals surface area (Å²) < 4.78 is 0. The molecule has 2 rings (SSSR count). The number of nitrogens with zero attached hydrogens (tertiary/aromatic N) is 5. The predicted octanol–water partition coefficient (Wildman–Crippen LogP) is 2.07. The van der Waals surface area contributed by atoms with E-state index >= 15 is 0 Å². The average Bonchev–Trinajstić information content (AvgIpc) is 2.93. The summed E-state index contributed by atoms with van der Waals surface area (Å²) in [5.74, 6) is 0.507. The first-order valence-electron chi connectivity index (χ1n) is 6.99. The summed E-state index contributed by atoms with van der Waals surface area (Å²) in [6.07, 6.45) is 6.11. The summed E-state index contributed by atoms with van der Waals surface area (Å²) in [6.45, 7) is 5.64. The SMILES string of the molecule is CC1=NCCCCCCN=C(C)C1=NNc1ncn[nH]1.